The van der Waals surface area contributed by atoms with E-state index in [2.05, 4.69) is 25.7 Å². The molecule has 35 heavy (non-hydrogen) atoms. The zero-order valence-electron chi connectivity index (χ0n) is 18.7. The number of piperidine rings is 1. The Kier molecular flexibility index (Phi) is 5.69. The van der Waals surface area contributed by atoms with E-state index < -0.39 is 30.8 Å². The molecule has 0 radical (unpaired) electrons. The van der Waals surface area contributed by atoms with Gasteiger partial charge in [0.05, 0.1) is 30.4 Å². The fourth-order valence-electron chi connectivity index (χ4n) is 4.29. The molecule has 1 aliphatic rings. The monoisotopic (exact) mass is 496 g/mol. The zero-order valence-corrected chi connectivity index (χ0v) is 18.7. The second-order valence-corrected chi connectivity index (χ2v) is 8.47. The molecule has 186 valence electrons. The van der Waals surface area contributed by atoms with Gasteiger partial charge in [0, 0.05) is 13.1 Å². The summed E-state index contributed by atoms with van der Waals surface area (Å²) in [6, 6.07) is 3.83. The molecule has 0 spiro atoms. The molecule has 9 nitrogen and oxygen atoms in total. The van der Waals surface area contributed by atoms with Crippen LogP contribution in [-0.4, -0.2) is 80.1 Å². The largest absolute Gasteiger partial charge is 0.479 e. The summed E-state index contributed by atoms with van der Waals surface area (Å²) in [4.78, 5) is 6.18. The quantitative estimate of drug-likeness (QED) is 0.425. The topological polar surface area (TPSA) is 85.4 Å². The van der Waals surface area contributed by atoms with Crippen LogP contribution in [0.3, 0.4) is 0 Å². The second-order valence-electron chi connectivity index (χ2n) is 8.47. The highest BCUT2D eigenvalue weighted by Gasteiger charge is 2.31. The second kappa shape index (κ2) is 8.59. The van der Waals surface area contributed by atoms with Crippen molar-refractivity contribution in [3.63, 3.8) is 0 Å². The summed E-state index contributed by atoms with van der Waals surface area (Å²) in [7, 11) is 3.18. The van der Waals surface area contributed by atoms with E-state index in [4.69, 9.17) is 4.74 Å². The van der Waals surface area contributed by atoms with E-state index in [1.807, 2.05) is 11.9 Å². The molecular formula is C21H21F5N8O. The van der Waals surface area contributed by atoms with Gasteiger partial charge in [0.2, 0.25) is 11.8 Å². The molecule has 1 aromatic carbocycles. The van der Waals surface area contributed by atoms with Crippen LogP contribution in [0.25, 0.3) is 27.7 Å². The molecule has 1 saturated heterocycles. The number of alkyl halides is 4. The summed E-state index contributed by atoms with van der Waals surface area (Å²) in [5.74, 6) is -0.602. The van der Waals surface area contributed by atoms with E-state index >= 15 is 4.39 Å². The van der Waals surface area contributed by atoms with Crippen LogP contribution in [0, 0.1) is 5.82 Å². The predicted molar refractivity (Wildman–Crippen MR) is 116 cm³/mol. The van der Waals surface area contributed by atoms with Gasteiger partial charge in [-0.1, -0.05) is 11.3 Å². The molecule has 0 amide bonds. The van der Waals surface area contributed by atoms with Crippen LogP contribution in [-0.2, 0) is 6.54 Å². The number of nitrogens with zero attached hydrogens (tertiary/aromatic N) is 7. The minimum atomic E-state index is -4.50. The van der Waals surface area contributed by atoms with Gasteiger partial charge in [-0.15, -0.1) is 10.2 Å². The van der Waals surface area contributed by atoms with Gasteiger partial charge in [-0.25, -0.2) is 18.0 Å². The number of hydrogen-bond donors (Lipinski definition) is 1. The Hall–Kier alpha value is -3.55. The first-order valence-corrected chi connectivity index (χ1v) is 10.8. The maximum absolute atomic E-state index is 15.2. The Bertz CT molecular complexity index is 1380. The fraction of sp³-hybridized carbons (Fsp3) is 0.429. The fourth-order valence-corrected chi connectivity index (χ4v) is 4.29. The van der Waals surface area contributed by atoms with Crippen LogP contribution >= 0.6 is 0 Å². The first-order chi connectivity index (χ1) is 16.6. The molecule has 0 unspecified atom stereocenters. The van der Waals surface area contributed by atoms with Gasteiger partial charge < -0.3 is 15.0 Å². The number of methoxy groups -OCH3 is 1. The first-order valence-electron chi connectivity index (χ1n) is 10.8. The van der Waals surface area contributed by atoms with Crippen LogP contribution < -0.4 is 10.1 Å². The molecule has 4 aromatic rings. The number of hydrogen-bond acceptors (Lipinski definition) is 7. The van der Waals surface area contributed by atoms with Crippen molar-refractivity contribution in [2.75, 3.05) is 32.6 Å². The van der Waals surface area contributed by atoms with E-state index in [1.54, 1.807) is 0 Å². The van der Waals surface area contributed by atoms with Crippen LogP contribution in [0.15, 0.2) is 24.4 Å². The van der Waals surface area contributed by atoms with Gasteiger partial charge >= 0.3 is 6.18 Å². The number of fused-ring (bicyclic) bond motifs is 2. The van der Waals surface area contributed by atoms with E-state index in [0.29, 0.717) is 17.6 Å². The Labute approximate surface area is 195 Å². The third-order valence-electron chi connectivity index (χ3n) is 5.94. The summed E-state index contributed by atoms with van der Waals surface area (Å²) in [6.45, 7) is -0.371. The highest BCUT2D eigenvalue weighted by Crippen LogP contribution is 2.35. The first kappa shape index (κ1) is 23.2. The third kappa shape index (κ3) is 4.45. The van der Waals surface area contributed by atoms with Crippen LogP contribution in [0.5, 0.6) is 5.88 Å². The van der Waals surface area contributed by atoms with Gasteiger partial charge in [0.15, 0.2) is 5.82 Å². The number of rotatable bonds is 5. The lowest BCUT2D eigenvalue weighted by Gasteiger charge is -2.32. The van der Waals surface area contributed by atoms with Crippen molar-refractivity contribution >= 4 is 22.5 Å². The van der Waals surface area contributed by atoms with Crippen LogP contribution in [0.4, 0.5) is 27.9 Å². The summed E-state index contributed by atoms with van der Waals surface area (Å²) in [5, 5.41) is 14.5. The number of ether oxygens (including phenoxy) is 1. The molecule has 4 heterocycles. The number of halogens is 5. The minimum Gasteiger partial charge on any atom is -0.479 e. The van der Waals surface area contributed by atoms with Crippen molar-refractivity contribution < 1.29 is 26.7 Å². The van der Waals surface area contributed by atoms with Crippen molar-refractivity contribution in [3.8, 4) is 17.0 Å². The summed E-state index contributed by atoms with van der Waals surface area (Å²) < 4.78 is 75.7. The highest BCUT2D eigenvalue weighted by atomic mass is 19.4. The molecule has 5 rings (SSSR count). The number of likely N-dealkylation sites (tertiary alicyclic amines) is 1. The number of benzene rings is 1. The lowest BCUT2D eigenvalue weighted by atomic mass is 10.0. The van der Waals surface area contributed by atoms with E-state index in [9.17, 15) is 17.6 Å². The summed E-state index contributed by atoms with van der Waals surface area (Å²) in [5.41, 5.74) is 0.802. The molecule has 1 fully saturated rings. The molecule has 2 atom stereocenters. The minimum absolute atomic E-state index is 0.0201. The number of nitrogens with one attached hydrogen (secondary N) is 1. The Balaban J connectivity index is 1.56. The number of aromatic nitrogens is 6. The molecule has 0 saturated carbocycles. The van der Waals surface area contributed by atoms with Gasteiger partial charge in [0.1, 0.15) is 23.7 Å². The van der Waals surface area contributed by atoms with Gasteiger partial charge in [-0.05, 0) is 31.2 Å². The predicted octanol–water partition coefficient (Wildman–Crippen LogP) is 3.31. The number of anilines is 1. The van der Waals surface area contributed by atoms with Crippen molar-refractivity contribution in [2.24, 2.45) is 0 Å². The Morgan fingerprint density at radius 2 is 2.06 bits per heavy atom. The molecule has 1 aliphatic heterocycles. The lowest BCUT2D eigenvalue weighted by molar-refractivity contribution is -0.142. The van der Waals surface area contributed by atoms with Gasteiger partial charge in [0.25, 0.3) is 0 Å². The van der Waals surface area contributed by atoms with Gasteiger partial charge in [-0.3, -0.25) is 0 Å². The van der Waals surface area contributed by atoms with Crippen molar-refractivity contribution in [2.45, 2.75) is 31.4 Å². The van der Waals surface area contributed by atoms with Crippen LogP contribution in [0.1, 0.15) is 6.42 Å². The smallest absolute Gasteiger partial charge is 0.408 e. The van der Waals surface area contributed by atoms with Crippen molar-refractivity contribution in [3.05, 3.63) is 30.2 Å². The molecule has 14 heteroatoms. The lowest BCUT2D eigenvalue weighted by Crippen LogP contribution is -2.46. The Morgan fingerprint density at radius 3 is 2.77 bits per heavy atom. The maximum Gasteiger partial charge on any atom is 0.408 e. The average molecular weight is 496 g/mol. The van der Waals surface area contributed by atoms with Gasteiger partial charge in [-0.2, -0.15) is 18.2 Å². The standard InChI is InChI=1S/C21H21F5N8O/c1-32-6-5-14(12(22)8-32)27-20-28-19(35-2)18-17(13(23)9-33(18)30-20)11-3-4-15-16(7-11)34(31-29-15)10-21(24,25)26/h3-4,7,9,12,14H,5-6,8,10H2,1-2H3,(H,27,30)/t12-,14+/m0/s1. The average Bonchev–Trinajstić information content (AvgIpc) is 3.33. The molecule has 0 bridgehead atoms. The van der Waals surface area contributed by atoms with Crippen molar-refractivity contribution in [1.29, 1.82) is 0 Å². The van der Waals surface area contributed by atoms with Crippen molar-refractivity contribution in [1.82, 2.24) is 34.5 Å². The van der Waals surface area contributed by atoms with Crippen LogP contribution in [0.2, 0.25) is 0 Å². The highest BCUT2D eigenvalue weighted by molar-refractivity contribution is 5.89. The summed E-state index contributed by atoms with van der Waals surface area (Å²) in [6.07, 6.45) is -4.00. The third-order valence-corrected chi connectivity index (χ3v) is 5.94. The molecule has 0 aliphatic carbocycles. The van der Waals surface area contributed by atoms with E-state index in [0.717, 1.165) is 6.20 Å². The molecule has 3 aromatic heterocycles. The summed E-state index contributed by atoms with van der Waals surface area (Å²) >= 11 is 0. The van der Waals surface area contributed by atoms with E-state index in [-0.39, 0.29) is 46.1 Å². The molecule has 1 N–H and O–H groups in total. The van der Waals surface area contributed by atoms with E-state index in [1.165, 1.54) is 29.8 Å². The molecular weight excluding hydrogens is 475 g/mol. The normalized spacial score (nSPS) is 19.5. The maximum atomic E-state index is 15.2. The SMILES string of the molecule is COc1nc(N[C@@H]2CCN(C)C[C@@H]2F)nn2cc(F)c(-c3ccc4nnn(CC(F)(F)F)c4c3)c12. The zero-order chi connectivity index (χ0) is 24.9. The Morgan fingerprint density at radius 1 is 1.26 bits per heavy atom.